The standard InChI is InChI=1S/C17H22N2O3/c1-4-19(5-2)16(21)14-12-10-17(3,18-15(14)20)22-13-9-7-6-8-11(12)13/h6-9,12,14H,4-5,10H2,1-3H3,(H,18,20)/t12-,14+,17-/m0/s1. The summed E-state index contributed by atoms with van der Waals surface area (Å²) in [6, 6.07) is 7.69. The summed E-state index contributed by atoms with van der Waals surface area (Å²) < 4.78 is 5.95. The van der Waals surface area contributed by atoms with Gasteiger partial charge in [-0.2, -0.15) is 0 Å². The molecule has 1 aromatic carbocycles. The lowest BCUT2D eigenvalue weighted by molar-refractivity contribution is -0.152. The maximum Gasteiger partial charge on any atom is 0.236 e. The quantitative estimate of drug-likeness (QED) is 0.867. The first-order chi connectivity index (χ1) is 10.5. The zero-order valence-corrected chi connectivity index (χ0v) is 13.3. The van der Waals surface area contributed by atoms with Crippen molar-refractivity contribution in [2.45, 2.75) is 38.8 Å². The summed E-state index contributed by atoms with van der Waals surface area (Å²) in [4.78, 5) is 27.1. The molecule has 0 saturated carbocycles. The number of carbonyl (C=O) groups excluding carboxylic acids is 2. The predicted octanol–water partition coefficient (Wildman–Crippen LogP) is 1.88. The van der Waals surface area contributed by atoms with Gasteiger partial charge in [-0.05, 0) is 32.4 Å². The number of piperidine rings is 1. The van der Waals surface area contributed by atoms with E-state index >= 15 is 0 Å². The highest BCUT2D eigenvalue weighted by molar-refractivity contribution is 6.02. The first kappa shape index (κ1) is 14.9. The molecule has 2 amide bonds. The van der Waals surface area contributed by atoms with Crippen LogP contribution in [0.25, 0.3) is 0 Å². The van der Waals surface area contributed by atoms with Gasteiger partial charge in [0.1, 0.15) is 11.7 Å². The molecule has 2 aliphatic rings. The second-order valence-corrected chi connectivity index (χ2v) is 6.16. The Kier molecular flexibility index (Phi) is 3.59. The van der Waals surface area contributed by atoms with E-state index in [4.69, 9.17) is 4.74 Å². The Labute approximate surface area is 130 Å². The van der Waals surface area contributed by atoms with Crippen LogP contribution in [0.4, 0.5) is 0 Å². The van der Waals surface area contributed by atoms with Crippen LogP contribution in [0.3, 0.4) is 0 Å². The molecular formula is C17H22N2O3. The smallest absolute Gasteiger partial charge is 0.236 e. The number of para-hydroxylation sites is 1. The molecule has 5 nitrogen and oxygen atoms in total. The van der Waals surface area contributed by atoms with Crippen molar-refractivity contribution in [2.75, 3.05) is 13.1 Å². The Balaban J connectivity index is 2.03. The fourth-order valence-electron chi connectivity index (χ4n) is 3.61. The van der Waals surface area contributed by atoms with Crippen molar-refractivity contribution in [1.82, 2.24) is 10.2 Å². The van der Waals surface area contributed by atoms with Crippen molar-refractivity contribution in [1.29, 1.82) is 0 Å². The van der Waals surface area contributed by atoms with Crippen LogP contribution < -0.4 is 10.1 Å². The summed E-state index contributed by atoms with van der Waals surface area (Å²) >= 11 is 0. The molecule has 0 radical (unpaired) electrons. The van der Waals surface area contributed by atoms with E-state index in [9.17, 15) is 9.59 Å². The van der Waals surface area contributed by atoms with Crippen LogP contribution in [0, 0.1) is 5.92 Å². The molecule has 0 aliphatic carbocycles. The molecule has 3 rings (SSSR count). The van der Waals surface area contributed by atoms with E-state index in [1.807, 2.05) is 45.0 Å². The number of nitrogens with one attached hydrogen (secondary N) is 1. The van der Waals surface area contributed by atoms with E-state index < -0.39 is 11.6 Å². The number of benzene rings is 1. The predicted molar refractivity (Wildman–Crippen MR) is 82.4 cm³/mol. The van der Waals surface area contributed by atoms with Gasteiger partial charge in [-0.15, -0.1) is 0 Å². The lowest BCUT2D eigenvalue weighted by Gasteiger charge is -2.47. The summed E-state index contributed by atoms with van der Waals surface area (Å²) in [5, 5.41) is 2.89. The van der Waals surface area contributed by atoms with Crippen LogP contribution in [0.1, 0.15) is 38.7 Å². The van der Waals surface area contributed by atoms with Crippen molar-refractivity contribution in [3.8, 4) is 5.75 Å². The molecule has 5 heteroatoms. The number of carbonyl (C=O) groups is 2. The van der Waals surface area contributed by atoms with Gasteiger partial charge < -0.3 is 15.0 Å². The minimum atomic E-state index is -0.726. The van der Waals surface area contributed by atoms with E-state index in [2.05, 4.69) is 5.32 Å². The molecular weight excluding hydrogens is 280 g/mol. The monoisotopic (exact) mass is 302 g/mol. The van der Waals surface area contributed by atoms with Crippen molar-refractivity contribution in [3.05, 3.63) is 29.8 Å². The Morgan fingerprint density at radius 2 is 2.05 bits per heavy atom. The van der Waals surface area contributed by atoms with E-state index in [1.165, 1.54) is 0 Å². The average molecular weight is 302 g/mol. The molecule has 1 saturated heterocycles. The van der Waals surface area contributed by atoms with Gasteiger partial charge in [-0.3, -0.25) is 9.59 Å². The zero-order valence-electron chi connectivity index (χ0n) is 13.3. The minimum Gasteiger partial charge on any atom is -0.468 e. The van der Waals surface area contributed by atoms with Crippen LogP contribution in [-0.2, 0) is 9.59 Å². The third-order valence-electron chi connectivity index (χ3n) is 4.68. The highest BCUT2D eigenvalue weighted by atomic mass is 16.5. The highest BCUT2D eigenvalue weighted by Gasteiger charge is 2.52. The van der Waals surface area contributed by atoms with Gasteiger partial charge in [-0.25, -0.2) is 0 Å². The molecule has 1 N–H and O–H groups in total. The number of hydrogen-bond donors (Lipinski definition) is 1. The SMILES string of the molecule is CCN(CC)C(=O)[C@H]1C(=O)N[C@]2(C)C[C@H]1c1ccccc1O2. The number of amides is 2. The minimum absolute atomic E-state index is 0.0914. The third-order valence-corrected chi connectivity index (χ3v) is 4.68. The lowest BCUT2D eigenvalue weighted by Crippen LogP contribution is -2.63. The van der Waals surface area contributed by atoms with Crippen molar-refractivity contribution >= 4 is 11.8 Å². The Morgan fingerprint density at radius 1 is 1.36 bits per heavy atom. The molecule has 2 bridgehead atoms. The van der Waals surface area contributed by atoms with Gasteiger partial charge >= 0.3 is 0 Å². The molecule has 118 valence electrons. The molecule has 0 aromatic heterocycles. The first-order valence-electron chi connectivity index (χ1n) is 7.88. The lowest BCUT2D eigenvalue weighted by atomic mass is 9.74. The Hall–Kier alpha value is -2.04. The zero-order chi connectivity index (χ0) is 15.9. The number of hydrogen-bond acceptors (Lipinski definition) is 3. The van der Waals surface area contributed by atoms with E-state index in [0.29, 0.717) is 19.5 Å². The number of ether oxygens (including phenoxy) is 1. The number of rotatable bonds is 3. The maximum absolute atomic E-state index is 12.8. The number of fused-ring (bicyclic) bond motifs is 4. The van der Waals surface area contributed by atoms with Crippen molar-refractivity contribution in [3.63, 3.8) is 0 Å². The largest absolute Gasteiger partial charge is 0.468 e. The van der Waals surface area contributed by atoms with Gasteiger partial charge in [0.15, 0.2) is 5.72 Å². The molecule has 0 unspecified atom stereocenters. The van der Waals surface area contributed by atoms with Gasteiger partial charge in [0.2, 0.25) is 11.8 Å². The summed E-state index contributed by atoms with van der Waals surface area (Å²) in [6.45, 7) is 6.96. The molecule has 2 aliphatic heterocycles. The molecule has 2 heterocycles. The topological polar surface area (TPSA) is 58.6 Å². The second kappa shape index (κ2) is 5.30. The van der Waals surface area contributed by atoms with Crippen molar-refractivity contribution < 1.29 is 14.3 Å². The van der Waals surface area contributed by atoms with Crippen LogP contribution in [0.15, 0.2) is 24.3 Å². The fraction of sp³-hybridized carbons (Fsp3) is 0.529. The van der Waals surface area contributed by atoms with E-state index in [0.717, 1.165) is 11.3 Å². The average Bonchev–Trinajstić information content (AvgIpc) is 2.47. The molecule has 1 fully saturated rings. The summed E-state index contributed by atoms with van der Waals surface area (Å²) in [5.74, 6) is -0.357. The second-order valence-electron chi connectivity index (χ2n) is 6.16. The van der Waals surface area contributed by atoms with Gasteiger partial charge in [0, 0.05) is 25.4 Å². The number of nitrogens with zero attached hydrogens (tertiary/aromatic N) is 1. The van der Waals surface area contributed by atoms with Crippen LogP contribution in [0.2, 0.25) is 0 Å². The summed E-state index contributed by atoms with van der Waals surface area (Å²) in [5.41, 5.74) is 0.233. The highest BCUT2D eigenvalue weighted by Crippen LogP contribution is 2.46. The van der Waals surface area contributed by atoms with E-state index in [1.54, 1.807) is 4.90 Å². The van der Waals surface area contributed by atoms with Crippen LogP contribution in [-0.4, -0.2) is 35.5 Å². The third kappa shape index (κ3) is 2.25. The summed E-state index contributed by atoms with van der Waals surface area (Å²) in [6.07, 6.45) is 0.618. The first-order valence-corrected chi connectivity index (χ1v) is 7.88. The van der Waals surface area contributed by atoms with Crippen molar-refractivity contribution in [2.24, 2.45) is 5.92 Å². The molecule has 1 aromatic rings. The van der Waals surface area contributed by atoms with E-state index in [-0.39, 0.29) is 17.7 Å². The van der Waals surface area contributed by atoms with Gasteiger partial charge in [0.25, 0.3) is 0 Å². The molecule has 22 heavy (non-hydrogen) atoms. The maximum atomic E-state index is 12.8. The molecule has 3 atom stereocenters. The fourth-order valence-corrected chi connectivity index (χ4v) is 3.61. The summed E-state index contributed by atoms with van der Waals surface area (Å²) in [7, 11) is 0. The van der Waals surface area contributed by atoms with Crippen LogP contribution in [0.5, 0.6) is 5.75 Å². The van der Waals surface area contributed by atoms with Gasteiger partial charge in [-0.1, -0.05) is 18.2 Å². The Morgan fingerprint density at radius 3 is 2.73 bits per heavy atom. The van der Waals surface area contributed by atoms with Crippen LogP contribution >= 0.6 is 0 Å². The molecule has 0 spiro atoms. The normalized spacial score (nSPS) is 29.1. The van der Waals surface area contributed by atoms with Gasteiger partial charge in [0.05, 0.1) is 0 Å². The Bertz CT molecular complexity index is 612.